The van der Waals surface area contributed by atoms with Gasteiger partial charge in [0.25, 0.3) is 0 Å². The Morgan fingerprint density at radius 1 is 1.60 bits per heavy atom. The van der Waals surface area contributed by atoms with Gasteiger partial charge in [-0.25, -0.2) is 0 Å². The Morgan fingerprint density at radius 2 is 2.20 bits per heavy atom. The van der Waals surface area contributed by atoms with E-state index in [2.05, 4.69) is 0 Å². The quantitative estimate of drug-likeness (QED) is 0.565. The highest BCUT2D eigenvalue weighted by molar-refractivity contribution is 6.20. The van der Waals surface area contributed by atoms with Crippen molar-refractivity contribution in [1.82, 2.24) is 0 Å². The fourth-order valence-electron chi connectivity index (χ4n) is 0.435. The van der Waals surface area contributed by atoms with Crippen LogP contribution in [0.4, 0.5) is 0 Å². The van der Waals surface area contributed by atoms with Gasteiger partial charge in [-0.15, -0.1) is 11.6 Å². The number of nitrogens with two attached hydrogens (primary N) is 1. The molecule has 0 fully saturated rings. The first kappa shape index (κ1) is 10.2. The molecule has 0 aliphatic heterocycles. The zero-order valence-electron chi connectivity index (χ0n) is 6.09. The topological polar surface area (TPSA) is 55.5 Å². The van der Waals surface area contributed by atoms with Crippen molar-refractivity contribution >= 4 is 11.6 Å². The van der Waals surface area contributed by atoms with Gasteiger partial charge in [0.2, 0.25) is 0 Å². The third kappa shape index (κ3) is 6.29. The second-order valence-electron chi connectivity index (χ2n) is 2.29. The summed E-state index contributed by atoms with van der Waals surface area (Å²) < 4.78 is 5.03. The van der Waals surface area contributed by atoms with Crippen LogP contribution in [0.5, 0.6) is 0 Å². The Labute approximate surface area is 66.1 Å². The van der Waals surface area contributed by atoms with Crippen LogP contribution < -0.4 is 5.73 Å². The van der Waals surface area contributed by atoms with Crippen LogP contribution in [0.1, 0.15) is 6.92 Å². The van der Waals surface area contributed by atoms with Crippen molar-refractivity contribution < 1.29 is 9.84 Å². The van der Waals surface area contributed by atoms with Crippen LogP contribution >= 0.6 is 11.6 Å². The van der Waals surface area contributed by atoms with E-state index in [0.29, 0.717) is 13.2 Å². The van der Waals surface area contributed by atoms with E-state index < -0.39 is 0 Å². The highest BCUT2D eigenvalue weighted by Gasteiger charge is 2.02. The van der Waals surface area contributed by atoms with E-state index in [1.165, 1.54) is 0 Å². The van der Waals surface area contributed by atoms with Gasteiger partial charge in [0.05, 0.1) is 25.2 Å². The summed E-state index contributed by atoms with van der Waals surface area (Å²) in [5, 5.41) is 8.15. The van der Waals surface area contributed by atoms with Crippen molar-refractivity contribution in [2.24, 2.45) is 5.73 Å². The van der Waals surface area contributed by atoms with Gasteiger partial charge < -0.3 is 15.6 Å². The normalized spacial score (nSPS) is 16.8. The molecule has 0 heterocycles. The zero-order chi connectivity index (χ0) is 7.98. The van der Waals surface area contributed by atoms with Crippen LogP contribution in [-0.2, 0) is 4.74 Å². The molecular weight excluding hydrogens is 154 g/mol. The molecule has 62 valence electrons. The Hall–Kier alpha value is 0.170. The first-order valence-electron chi connectivity index (χ1n) is 3.25. The lowest BCUT2D eigenvalue weighted by Crippen LogP contribution is -2.24. The van der Waals surface area contributed by atoms with Gasteiger partial charge in [-0.2, -0.15) is 0 Å². The molecule has 3 nitrogen and oxygen atoms in total. The molecule has 0 aliphatic carbocycles. The van der Waals surface area contributed by atoms with Crippen LogP contribution in [-0.4, -0.2) is 36.3 Å². The first-order chi connectivity index (χ1) is 4.66. The predicted octanol–water partition coefficient (Wildman–Crippen LogP) is -0.0501. The van der Waals surface area contributed by atoms with Crippen LogP contribution in [0.2, 0.25) is 0 Å². The van der Waals surface area contributed by atoms with Crippen LogP contribution in [0.15, 0.2) is 0 Å². The Bertz CT molecular complexity index is 80.1. The van der Waals surface area contributed by atoms with E-state index in [1.807, 2.05) is 6.92 Å². The largest absolute Gasteiger partial charge is 0.395 e. The number of ether oxygens (including phenoxy) is 1. The van der Waals surface area contributed by atoms with Crippen molar-refractivity contribution in [2.75, 3.05) is 19.8 Å². The van der Waals surface area contributed by atoms with Crippen molar-refractivity contribution in [3.8, 4) is 0 Å². The molecule has 0 aliphatic rings. The van der Waals surface area contributed by atoms with Gasteiger partial charge >= 0.3 is 0 Å². The Balaban J connectivity index is 3.03. The van der Waals surface area contributed by atoms with Crippen LogP contribution in [0.25, 0.3) is 0 Å². The number of halogens is 1. The van der Waals surface area contributed by atoms with E-state index in [4.69, 9.17) is 27.2 Å². The van der Waals surface area contributed by atoms with Crippen molar-refractivity contribution in [1.29, 1.82) is 0 Å². The van der Waals surface area contributed by atoms with E-state index in [0.717, 1.165) is 0 Å². The minimum Gasteiger partial charge on any atom is -0.395 e. The molecule has 1 unspecified atom stereocenters. The maximum Gasteiger partial charge on any atom is 0.0800 e. The molecule has 0 spiro atoms. The fraction of sp³-hybridized carbons (Fsp3) is 1.00. The maximum absolute atomic E-state index is 8.46. The molecule has 0 saturated carbocycles. The number of rotatable bonds is 5. The minimum absolute atomic E-state index is 0.0301. The molecular formula is C6H14ClNO2. The average molecular weight is 168 g/mol. The van der Waals surface area contributed by atoms with E-state index >= 15 is 0 Å². The SMILES string of the molecule is C[C@@H](N)COCC(Cl)CO. The van der Waals surface area contributed by atoms with E-state index in [1.54, 1.807) is 0 Å². The first-order valence-corrected chi connectivity index (χ1v) is 3.68. The molecule has 10 heavy (non-hydrogen) atoms. The van der Waals surface area contributed by atoms with E-state index in [9.17, 15) is 0 Å². The molecule has 0 radical (unpaired) electrons. The van der Waals surface area contributed by atoms with Crippen molar-refractivity contribution in [3.63, 3.8) is 0 Å². The number of hydrogen-bond donors (Lipinski definition) is 2. The lowest BCUT2D eigenvalue weighted by atomic mass is 10.4. The highest BCUT2D eigenvalue weighted by atomic mass is 35.5. The summed E-state index contributed by atoms with van der Waals surface area (Å²) in [5.41, 5.74) is 5.39. The molecule has 0 aromatic carbocycles. The molecule has 4 heteroatoms. The van der Waals surface area contributed by atoms with Crippen LogP contribution in [0.3, 0.4) is 0 Å². The average Bonchev–Trinajstić information content (AvgIpc) is 1.87. The lowest BCUT2D eigenvalue weighted by Gasteiger charge is -2.08. The monoisotopic (exact) mass is 167 g/mol. The third-order valence-corrected chi connectivity index (χ3v) is 1.14. The maximum atomic E-state index is 8.46. The standard InChI is InChI=1S/C6H14ClNO2/c1-5(8)3-10-4-6(7)2-9/h5-6,9H,2-4,8H2,1H3/t5-,6?/m1/s1. The van der Waals surface area contributed by atoms with Gasteiger partial charge in [-0.1, -0.05) is 0 Å². The third-order valence-electron chi connectivity index (χ3n) is 0.878. The molecule has 0 amide bonds. The Kier molecular flexibility index (Phi) is 6.02. The molecule has 0 rings (SSSR count). The molecule has 2 atom stereocenters. The second-order valence-corrected chi connectivity index (χ2v) is 2.91. The van der Waals surface area contributed by atoms with Gasteiger partial charge in [-0.05, 0) is 6.92 Å². The molecule has 0 aromatic heterocycles. The molecule has 0 bridgehead atoms. The van der Waals surface area contributed by atoms with Gasteiger partial charge in [0.1, 0.15) is 0 Å². The summed E-state index contributed by atoms with van der Waals surface area (Å²) in [6.07, 6.45) is 0. The summed E-state index contributed by atoms with van der Waals surface area (Å²) in [7, 11) is 0. The summed E-state index contributed by atoms with van der Waals surface area (Å²) in [6, 6.07) is 0.0301. The molecule has 3 N–H and O–H groups in total. The highest BCUT2D eigenvalue weighted by Crippen LogP contribution is 1.94. The van der Waals surface area contributed by atoms with Crippen LogP contribution in [0, 0.1) is 0 Å². The smallest absolute Gasteiger partial charge is 0.0800 e. The van der Waals surface area contributed by atoms with E-state index in [-0.39, 0.29) is 18.0 Å². The molecule has 0 aromatic rings. The predicted molar refractivity (Wildman–Crippen MR) is 41.2 cm³/mol. The number of aliphatic hydroxyl groups is 1. The van der Waals surface area contributed by atoms with Gasteiger partial charge in [0.15, 0.2) is 0 Å². The summed E-state index contributed by atoms with van der Waals surface area (Å²) in [6.45, 7) is 2.64. The fourth-order valence-corrected chi connectivity index (χ4v) is 0.524. The Morgan fingerprint density at radius 3 is 2.60 bits per heavy atom. The second kappa shape index (κ2) is 5.92. The number of aliphatic hydroxyl groups excluding tert-OH is 1. The zero-order valence-corrected chi connectivity index (χ0v) is 6.84. The van der Waals surface area contributed by atoms with Gasteiger partial charge in [-0.3, -0.25) is 0 Å². The summed E-state index contributed by atoms with van der Waals surface area (Å²) >= 11 is 5.53. The minimum atomic E-state index is -0.307. The summed E-state index contributed by atoms with van der Waals surface area (Å²) in [5.74, 6) is 0. The summed E-state index contributed by atoms with van der Waals surface area (Å²) in [4.78, 5) is 0. The number of alkyl halides is 1. The van der Waals surface area contributed by atoms with Crippen molar-refractivity contribution in [2.45, 2.75) is 18.3 Å². The van der Waals surface area contributed by atoms with Crippen molar-refractivity contribution in [3.05, 3.63) is 0 Å². The van der Waals surface area contributed by atoms with Gasteiger partial charge in [0, 0.05) is 6.04 Å². The number of hydrogen-bond acceptors (Lipinski definition) is 3. The molecule has 0 saturated heterocycles. The lowest BCUT2D eigenvalue weighted by molar-refractivity contribution is 0.111.